The minimum atomic E-state index is -0.905. The lowest BCUT2D eigenvalue weighted by Gasteiger charge is -2.23. The molecule has 88 valence electrons. The van der Waals surface area contributed by atoms with Gasteiger partial charge in [-0.2, -0.15) is 0 Å². The van der Waals surface area contributed by atoms with Crippen molar-refractivity contribution in [3.05, 3.63) is 34.6 Å². The fraction of sp³-hybridized carbons (Fsp3) is 0.417. The molecular weight excluding hydrogens is 231 g/mol. The van der Waals surface area contributed by atoms with Crippen molar-refractivity contribution in [3.8, 4) is 0 Å². The second-order valence-corrected chi connectivity index (χ2v) is 4.49. The molecule has 0 amide bonds. The van der Waals surface area contributed by atoms with Gasteiger partial charge in [0.05, 0.1) is 10.4 Å². The van der Waals surface area contributed by atoms with E-state index in [1.165, 1.54) is 12.1 Å². The van der Waals surface area contributed by atoms with Crippen LogP contribution in [0, 0.1) is 11.2 Å². The standard InChI is InChI=1S/C12H14ClFO2/c1-3-12(2,11(15)16)7-8-5-4-6-9(14)10(8)13/h4-6H,3,7H2,1-2H3,(H,15,16). The number of halogens is 2. The van der Waals surface area contributed by atoms with Gasteiger partial charge in [-0.3, -0.25) is 4.79 Å². The molecule has 2 nitrogen and oxygen atoms in total. The molecule has 0 aliphatic carbocycles. The van der Waals surface area contributed by atoms with E-state index >= 15 is 0 Å². The van der Waals surface area contributed by atoms with E-state index < -0.39 is 17.2 Å². The van der Waals surface area contributed by atoms with E-state index in [0.29, 0.717) is 12.0 Å². The van der Waals surface area contributed by atoms with E-state index in [1.54, 1.807) is 19.9 Å². The van der Waals surface area contributed by atoms with Crippen LogP contribution in [0.4, 0.5) is 4.39 Å². The number of carbonyl (C=O) groups is 1. The molecule has 0 heterocycles. The molecule has 1 N–H and O–H groups in total. The van der Waals surface area contributed by atoms with E-state index in [0.717, 1.165) is 0 Å². The minimum Gasteiger partial charge on any atom is -0.481 e. The number of hydrogen-bond donors (Lipinski definition) is 1. The maximum absolute atomic E-state index is 13.2. The Bertz CT molecular complexity index is 406. The van der Waals surface area contributed by atoms with Crippen LogP contribution in [0.15, 0.2) is 18.2 Å². The lowest BCUT2D eigenvalue weighted by Crippen LogP contribution is -2.29. The maximum Gasteiger partial charge on any atom is 0.309 e. The smallest absolute Gasteiger partial charge is 0.309 e. The zero-order valence-electron chi connectivity index (χ0n) is 9.26. The first-order valence-electron chi connectivity index (χ1n) is 5.07. The Balaban J connectivity index is 3.04. The molecule has 0 radical (unpaired) electrons. The van der Waals surface area contributed by atoms with Gasteiger partial charge < -0.3 is 5.11 Å². The number of aliphatic carboxylic acids is 1. The topological polar surface area (TPSA) is 37.3 Å². The quantitative estimate of drug-likeness (QED) is 0.880. The average Bonchev–Trinajstić information content (AvgIpc) is 2.24. The largest absolute Gasteiger partial charge is 0.481 e. The molecule has 0 spiro atoms. The molecule has 1 unspecified atom stereocenters. The van der Waals surface area contributed by atoms with Gasteiger partial charge in [-0.15, -0.1) is 0 Å². The highest BCUT2D eigenvalue weighted by Gasteiger charge is 2.32. The third kappa shape index (κ3) is 2.53. The summed E-state index contributed by atoms with van der Waals surface area (Å²) >= 11 is 5.79. The van der Waals surface area contributed by atoms with Crippen molar-refractivity contribution in [2.45, 2.75) is 26.7 Å². The Kier molecular flexibility index (Phi) is 3.92. The first kappa shape index (κ1) is 13.0. The highest BCUT2D eigenvalue weighted by Crippen LogP contribution is 2.31. The van der Waals surface area contributed by atoms with Crippen LogP contribution in [-0.4, -0.2) is 11.1 Å². The van der Waals surface area contributed by atoms with Gasteiger partial charge in [0.1, 0.15) is 5.82 Å². The van der Waals surface area contributed by atoms with Crippen molar-refractivity contribution in [2.75, 3.05) is 0 Å². The lowest BCUT2D eigenvalue weighted by atomic mass is 9.81. The fourth-order valence-corrected chi connectivity index (χ4v) is 1.65. The molecule has 16 heavy (non-hydrogen) atoms. The molecule has 0 bridgehead atoms. The van der Waals surface area contributed by atoms with Crippen LogP contribution >= 0.6 is 11.6 Å². The zero-order valence-corrected chi connectivity index (χ0v) is 10.0. The predicted octanol–water partition coefficient (Wildman–Crippen LogP) is 3.52. The van der Waals surface area contributed by atoms with Crippen LogP contribution in [0.5, 0.6) is 0 Å². The molecule has 1 rings (SSSR count). The molecule has 1 aromatic rings. The summed E-state index contributed by atoms with van der Waals surface area (Å²) in [6.45, 7) is 3.43. The second kappa shape index (κ2) is 4.83. The fourth-order valence-electron chi connectivity index (χ4n) is 1.46. The summed E-state index contributed by atoms with van der Waals surface area (Å²) in [6, 6.07) is 4.45. The summed E-state index contributed by atoms with van der Waals surface area (Å²) in [7, 11) is 0. The van der Waals surface area contributed by atoms with Crippen LogP contribution in [0.3, 0.4) is 0 Å². The van der Waals surface area contributed by atoms with Gasteiger partial charge in [0.15, 0.2) is 0 Å². The summed E-state index contributed by atoms with van der Waals surface area (Å²) in [6.07, 6.45) is 0.699. The first-order valence-corrected chi connectivity index (χ1v) is 5.45. The van der Waals surface area contributed by atoms with Crippen molar-refractivity contribution >= 4 is 17.6 Å². The number of benzene rings is 1. The molecule has 1 atom stereocenters. The first-order chi connectivity index (χ1) is 7.40. The third-order valence-corrected chi connectivity index (χ3v) is 3.33. The minimum absolute atomic E-state index is 0.0171. The number of carboxylic acids is 1. The normalized spacial score (nSPS) is 14.5. The Morgan fingerprint density at radius 2 is 2.19 bits per heavy atom. The second-order valence-electron chi connectivity index (χ2n) is 4.11. The van der Waals surface area contributed by atoms with E-state index in [9.17, 15) is 9.18 Å². The Morgan fingerprint density at radius 1 is 1.56 bits per heavy atom. The van der Waals surface area contributed by atoms with Crippen LogP contribution in [0.2, 0.25) is 5.02 Å². The third-order valence-electron chi connectivity index (χ3n) is 2.91. The molecular formula is C12H14ClFO2. The van der Waals surface area contributed by atoms with Crippen molar-refractivity contribution < 1.29 is 14.3 Å². The van der Waals surface area contributed by atoms with Crippen LogP contribution in [-0.2, 0) is 11.2 Å². The van der Waals surface area contributed by atoms with Crippen LogP contribution in [0.25, 0.3) is 0 Å². The molecule has 4 heteroatoms. The number of hydrogen-bond acceptors (Lipinski definition) is 1. The zero-order chi connectivity index (χ0) is 12.3. The Morgan fingerprint density at radius 3 is 2.69 bits per heavy atom. The van der Waals surface area contributed by atoms with E-state index in [-0.39, 0.29) is 11.4 Å². The van der Waals surface area contributed by atoms with Gasteiger partial charge >= 0.3 is 5.97 Å². The summed E-state index contributed by atoms with van der Waals surface area (Å²) < 4.78 is 13.2. The SMILES string of the molecule is CCC(C)(Cc1cccc(F)c1Cl)C(=O)O. The van der Waals surface area contributed by atoms with E-state index in [1.807, 2.05) is 0 Å². The highest BCUT2D eigenvalue weighted by molar-refractivity contribution is 6.31. The van der Waals surface area contributed by atoms with Crippen molar-refractivity contribution in [2.24, 2.45) is 5.41 Å². The molecule has 0 aliphatic rings. The summed E-state index contributed by atoms with van der Waals surface area (Å²) in [5.74, 6) is -1.40. The molecule has 0 aromatic heterocycles. The molecule has 0 aliphatic heterocycles. The Labute approximate surface area is 99.0 Å². The summed E-state index contributed by atoms with van der Waals surface area (Å²) in [4.78, 5) is 11.1. The van der Waals surface area contributed by atoms with Gasteiger partial charge in [0.25, 0.3) is 0 Å². The number of rotatable bonds is 4. The van der Waals surface area contributed by atoms with Gasteiger partial charge in [-0.25, -0.2) is 4.39 Å². The van der Waals surface area contributed by atoms with Crippen LogP contribution < -0.4 is 0 Å². The van der Waals surface area contributed by atoms with Gasteiger partial charge in [0, 0.05) is 0 Å². The monoisotopic (exact) mass is 244 g/mol. The van der Waals surface area contributed by atoms with Crippen molar-refractivity contribution in [3.63, 3.8) is 0 Å². The molecule has 0 saturated carbocycles. The molecule has 1 aromatic carbocycles. The van der Waals surface area contributed by atoms with Crippen molar-refractivity contribution in [1.82, 2.24) is 0 Å². The van der Waals surface area contributed by atoms with Crippen LogP contribution in [0.1, 0.15) is 25.8 Å². The van der Waals surface area contributed by atoms with Crippen molar-refractivity contribution in [1.29, 1.82) is 0 Å². The van der Waals surface area contributed by atoms with E-state index in [2.05, 4.69) is 0 Å². The van der Waals surface area contributed by atoms with Gasteiger partial charge in [-0.05, 0) is 31.4 Å². The Hall–Kier alpha value is -1.09. The highest BCUT2D eigenvalue weighted by atomic mass is 35.5. The summed E-state index contributed by atoms with van der Waals surface area (Å²) in [5, 5.41) is 9.13. The van der Waals surface area contributed by atoms with Gasteiger partial charge in [-0.1, -0.05) is 30.7 Å². The molecule has 0 fully saturated rings. The van der Waals surface area contributed by atoms with E-state index in [4.69, 9.17) is 16.7 Å². The summed E-state index contributed by atoms with van der Waals surface area (Å²) in [5.41, 5.74) is -0.370. The maximum atomic E-state index is 13.2. The lowest BCUT2D eigenvalue weighted by molar-refractivity contribution is -0.148. The average molecular weight is 245 g/mol. The van der Waals surface area contributed by atoms with Gasteiger partial charge in [0.2, 0.25) is 0 Å². The number of carboxylic acid groups (broad SMARTS) is 1. The molecule has 0 saturated heterocycles. The predicted molar refractivity (Wildman–Crippen MR) is 61.1 cm³/mol.